The maximum atomic E-state index is 12.7. The second kappa shape index (κ2) is 7.07. The normalized spacial score (nSPS) is 25.4. The third-order valence-corrected chi connectivity index (χ3v) is 4.66. The van der Waals surface area contributed by atoms with Crippen LogP contribution in [0.25, 0.3) is 0 Å². The van der Waals surface area contributed by atoms with E-state index >= 15 is 0 Å². The molecule has 1 N–H and O–H groups in total. The molecule has 2 saturated heterocycles. The number of hydrogen-bond acceptors (Lipinski definition) is 3. The fraction of sp³-hybridized carbons (Fsp3) is 0.867. The third-order valence-electron chi connectivity index (χ3n) is 4.66. The van der Waals surface area contributed by atoms with E-state index in [0.29, 0.717) is 13.1 Å². The molecule has 5 heteroatoms. The Kier molecular flexibility index (Phi) is 5.40. The zero-order valence-corrected chi connectivity index (χ0v) is 12.4. The fourth-order valence-corrected chi connectivity index (χ4v) is 3.33. The van der Waals surface area contributed by atoms with Crippen LogP contribution in [0.5, 0.6) is 0 Å². The van der Waals surface area contributed by atoms with E-state index in [9.17, 15) is 14.7 Å². The van der Waals surface area contributed by atoms with Crippen LogP contribution in [0, 0.1) is 5.92 Å². The lowest BCUT2D eigenvalue weighted by molar-refractivity contribution is -0.142. The second-order valence-corrected chi connectivity index (χ2v) is 6.00. The molecule has 0 radical (unpaired) electrons. The summed E-state index contributed by atoms with van der Waals surface area (Å²) in [5.74, 6) is 0.311. The fourth-order valence-electron chi connectivity index (χ4n) is 3.33. The van der Waals surface area contributed by atoms with Crippen LogP contribution in [0.4, 0.5) is 0 Å². The van der Waals surface area contributed by atoms with Crippen LogP contribution in [0.2, 0.25) is 0 Å². The standard InChI is InChI=1S/C15H26N2O3/c1-12(19)16-9-6-13(7-10-16)15(20)17-8-4-2-3-5-14(17)11-18/h13-14,18H,2-11H2,1H3. The van der Waals surface area contributed by atoms with Crippen molar-refractivity contribution in [1.82, 2.24) is 9.80 Å². The molecular formula is C15H26N2O3. The maximum absolute atomic E-state index is 12.7. The Hall–Kier alpha value is -1.10. The van der Waals surface area contributed by atoms with Crippen molar-refractivity contribution in [2.24, 2.45) is 5.92 Å². The van der Waals surface area contributed by atoms with E-state index in [2.05, 4.69) is 0 Å². The Morgan fingerprint density at radius 2 is 1.75 bits per heavy atom. The van der Waals surface area contributed by atoms with E-state index in [1.165, 1.54) is 0 Å². The lowest BCUT2D eigenvalue weighted by Gasteiger charge is -2.36. The molecule has 2 aliphatic heterocycles. The summed E-state index contributed by atoms with van der Waals surface area (Å²) in [4.78, 5) is 27.7. The van der Waals surface area contributed by atoms with Gasteiger partial charge in [-0.2, -0.15) is 0 Å². The molecule has 0 aromatic rings. The zero-order valence-electron chi connectivity index (χ0n) is 12.4. The SMILES string of the molecule is CC(=O)N1CCC(C(=O)N2CCCCCC2CO)CC1. The average Bonchev–Trinajstić information content (AvgIpc) is 2.71. The first-order chi connectivity index (χ1) is 9.63. The molecule has 0 aromatic heterocycles. The summed E-state index contributed by atoms with van der Waals surface area (Å²) in [7, 11) is 0. The number of carbonyl (C=O) groups is 2. The van der Waals surface area contributed by atoms with E-state index in [4.69, 9.17) is 0 Å². The van der Waals surface area contributed by atoms with Gasteiger partial charge in [0.1, 0.15) is 0 Å². The van der Waals surface area contributed by atoms with Crippen molar-refractivity contribution in [3.8, 4) is 0 Å². The molecule has 2 fully saturated rings. The van der Waals surface area contributed by atoms with Gasteiger partial charge in [-0.3, -0.25) is 9.59 Å². The smallest absolute Gasteiger partial charge is 0.226 e. The van der Waals surface area contributed by atoms with Gasteiger partial charge in [0.2, 0.25) is 11.8 Å². The van der Waals surface area contributed by atoms with Crippen molar-refractivity contribution in [2.45, 2.75) is 51.5 Å². The number of likely N-dealkylation sites (tertiary alicyclic amines) is 2. The Morgan fingerprint density at radius 3 is 2.35 bits per heavy atom. The minimum atomic E-state index is -0.00385. The molecule has 2 amide bonds. The van der Waals surface area contributed by atoms with Crippen LogP contribution in [-0.2, 0) is 9.59 Å². The minimum Gasteiger partial charge on any atom is -0.394 e. The number of nitrogens with zero attached hydrogens (tertiary/aromatic N) is 2. The number of aliphatic hydroxyl groups excluding tert-OH is 1. The highest BCUT2D eigenvalue weighted by molar-refractivity contribution is 5.80. The predicted octanol–water partition coefficient (Wildman–Crippen LogP) is 1.01. The number of hydrogen-bond donors (Lipinski definition) is 1. The molecule has 0 saturated carbocycles. The average molecular weight is 282 g/mol. The number of piperidine rings is 1. The van der Waals surface area contributed by atoms with Gasteiger partial charge in [-0.05, 0) is 25.7 Å². The van der Waals surface area contributed by atoms with E-state index in [1.807, 2.05) is 9.80 Å². The molecule has 2 heterocycles. The second-order valence-electron chi connectivity index (χ2n) is 6.00. The molecule has 1 atom stereocenters. The number of rotatable bonds is 2. The van der Waals surface area contributed by atoms with E-state index < -0.39 is 0 Å². The summed E-state index contributed by atoms with van der Waals surface area (Å²) >= 11 is 0. The van der Waals surface area contributed by atoms with Gasteiger partial charge in [0.05, 0.1) is 12.6 Å². The Morgan fingerprint density at radius 1 is 1.05 bits per heavy atom. The van der Waals surface area contributed by atoms with Crippen molar-refractivity contribution in [3.63, 3.8) is 0 Å². The molecule has 0 aliphatic carbocycles. The largest absolute Gasteiger partial charge is 0.394 e. The molecule has 1 unspecified atom stereocenters. The summed E-state index contributed by atoms with van der Waals surface area (Å²) in [6.45, 7) is 3.79. The van der Waals surface area contributed by atoms with Crippen LogP contribution in [0.3, 0.4) is 0 Å². The minimum absolute atomic E-state index is 0.00385. The van der Waals surface area contributed by atoms with Crippen LogP contribution in [-0.4, -0.2) is 59.0 Å². The maximum Gasteiger partial charge on any atom is 0.226 e. The first-order valence-electron chi connectivity index (χ1n) is 7.80. The van der Waals surface area contributed by atoms with Gasteiger partial charge in [0, 0.05) is 32.5 Å². The van der Waals surface area contributed by atoms with E-state index in [-0.39, 0.29) is 30.4 Å². The third kappa shape index (κ3) is 3.51. The molecule has 20 heavy (non-hydrogen) atoms. The highest BCUT2D eigenvalue weighted by Gasteiger charge is 2.32. The van der Waals surface area contributed by atoms with E-state index in [1.54, 1.807) is 6.92 Å². The van der Waals surface area contributed by atoms with Crippen molar-refractivity contribution in [2.75, 3.05) is 26.2 Å². The van der Waals surface area contributed by atoms with Crippen LogP contribution >= 0.6 is 0 Å². The number of amides is 2. The van der Waals surface area contributed by atoms with Gasteiger partial charge in [-0.25, -0.2) is 0 Å². The quantitative estimate of drug-likeness (QED) is 0.822. The monoisotopic (exact) mass is 282 g/mol. The van der Waals surface area contributed by atoms with Crippen LogP contribution < -0.4 is 0 Å². The molecular weight excluding hydrogens is 256 g/mol. The summed E-state index contributed by atoms with van der Waals surface area (Å²) in [5.41, 5.74) is 0. The summed E-state index contributed by atoms with van der Waals surface area (Å²) < 4.78 is 0. The lowest BCUT2D eigenvalue weighted by Crippen LogP contribution is -2.48. The Balaban J connectivity index is 1.94. The Labute approximate surface area is 120 Å². The van der Waals surface area contributed by atoms with Crippen LogP contribution in [0.1, 0.15) is 45.4 Å². The van der Waals surface area contributed by atoms with Gasteiger partial charge in [-0.1, -0.05) is 12.8 Å². The highest BCUT2D eigenvalue weighted by Crippen LogP contribution is 2.24. The lowest BCUT2D eigenvalue weighted by atomic mass is 9.94. The zero-order chi connectivity index (χ0) is 14.5. The van der Waals surface area contributed by atoms with Crippen molar-refractivity contribution in [3.05, 3.63) is 0 Å². The van der Waals surface area contributed by atoms with Crippen molar-refractivity contribution < 1.29 is 14.7 Å². The molecule has 0 aromatic carbocycles. The van der Waals surface area contributed by atoms with Crippen LogP contribution in [0.15, 0.2) is 0 Å². The van der Waals surface area contributed by atoms with Gasteiger partial charge >= 0.3 is 0 Å². The highest BCUT2D eigenvalue weighted by atomic mass is 16.3. The molecule has 5 nitrogen and oxygen atoms in total. The summed E-state index contributed by atoms with van der Waals surface area (Å²) in [6, 6.07) is -0.00385. The Bertz CT molecular complexity index is 351. The predicted molar refractivity (Wildman–Crippen MR) is 76.0 cm³/mol. The molecule has 2 rings (SSSR count). The first kappa shape index (κ1) is 15.3. The summed E-state index contributed by atoms with van der Waals surface area (Å²) in [6.07, 6.45) is 5.70. The molecule has 0 spiro atoms. The van der Waals surface area contributed by atoms with Crippen molar-refractivity contribution in [1.29, 1.82) is 0 Å². The van der Waals surface area contributed by atoms with Gasteiger partial charge in [-0.15, -0.1) is 0 Å². The number of carbonyl (C=O) groups excluding carboxylic acids is 2. The summed E-state index contributed by atoms with van der Waals surface area (Å²) in [5, 5.41) is 9.50. The van der Waals surface area contributed by atoms with E-state index in [0.717, 1.165) is 45.1 Å². The van der Waals surface area contributed by atoms with Gasteiger partial charge < -0.3 is 14.9 Å². The number of aliphatic hydroxyl groups is 1. The van der Waals surface area contributed by atoms with Gasteiger partial charge in [0.25, 0.3) is 0 Å². The van der Waals surface area contributed by atoms with Gasteiger partial charge in [0.15, 0.2) is 0 Å². The first-order valence-corrected chi connectivity index (χ1v) is 7.80. The molecule has 114 valence electrons. The van der Waals surface area contributed by atoms with Crippen molar-refractivity contribution >= 4 is 11.8 Å². The topological polar surface area (TPSA) is 60.9 Å². The molecule has 0 bridgehead atoms. The molecule has 2 aliphatic rings.